The van der Waals surface area contributed by atoms with Gasteiger partial charge in [0.25, 0.3) is 0 Å². The summed E-state index contributed by atoms with van der Waals surface area (Å²) < 4.78 is 0.810. The zero-order chi connectivity index (χ0) is 10.1. The maximum absolute atomic E-state index is 11.5. The zero-order valence-corrected chi connectivity index (χ0v) is 8.54. The third kappa shape index (κ3) is 1.33. The molecule has 4 heteroatoms. The van der Waals surface area contributed by atoms with Gasteiger partial charge in [-0.3, -0.25) is 0 Å². The Morgan fingerprint density at radius 3 is 2.79 bits per heavy atom. The average molecular weight is 206 g/mol. The molecule has 0 radical (unpaired) electrons. The summed E-state index contributed by atoms with van der Waals surface area (Å²) in [7, 11) is 0. The van der Waals surface area contributed by atoms with Crippen molar-refractivity contribution in [2.24, 2.45) is 0 Å². The topological polar surface area (TPSA) is 53.0 Å². The van der Waals surface area contributed by atoms with Crippen LogP contribution in [-0.2, 0) is 0 Å². The maximum atomic E-state index is 11.5. The Morgan fingerprint density at radius 1 is 1.43 bits per heavy atom. The first-order chi connectivity index (χ1) is 6.70. The number of aromatic nitrogens is 1. The van der Waals surface area contributed by atoms with Crippen LogP contribution in [0.15, 0.2) is 29.1 Å². The van der Waals surface area contributed by atoms with Crippen molar-refractivity contribution in [3.8, 4) is 11.3 Å². The molecular formula is C10H10N2OS. The Labute approximate surface area is 86.0 Å². The molecule has 14 heavy (non-hydrogen) atoms. The smallest absolute Gasteiger partial charge is 0.248 e. The Kier molecular flexibility index (Phi) is 2.13. The molecule has 0 fully saturated rings. The minimum atomic E-state index is 0.518. The third-order valence-corrected chi connectivity index (χ3v) is 2.96. The molecular weight excluding hydrogens is 196 g/mol. The molecule has 72 valence electrons. The summed E-state index contributed by atoms with van der Waals surface area (Å²) in [4.78, 5) is 0. The van der Waals surface area contributed by atoms with Gasteiger partial charge in [-0.05, 0) is 23.9 Å². The van der Waals surface area contributed by atoms with Crippen LogP contribution >= 0.6 is 11.3 Å². The van der Waals surface area contributed by atoms with E-state index >= 15 is 0 Å². The monoisotopic (exact) mass is 206 g/mol. The lowest BCUT2D eigenvalue weighted by atomic mass is 10.1. The van der Waals surface area contributed by atoms with Crippen molar-refractivity contribution in [3.63, 3.8) is 0 Å². The van der Waals surface area contributed by atoms with E-state index in [-0.39, 0.29) is 0 Å². The fourth-order valence-corrected chi connectivity index (χ4v) is 2.22. The molecule has 2 N–H and O–H groups in total. The zero-order valence-electron chi connectivity index (χ0n) is 7.73. The van der Waals surface area contributed by atoms with Crippen LogP contribution in [0, 0.1) is 12.1 Å². The van der Waals surface area contributed by atoms with Gasteiger partial charge in [0, 0.05) is 11.4 Å². The molecule has 0 aliphatic heterocycles. The van der Waals surface area contributed by atoms with Crippen LogP contribution in [0.2, 0.25) is 0 Å². The van der Waals surface area contributed by atoms with Crippen molar-refractivity contribution in [3.05, 3.63) is 39.9 Å². The molecule has 2 heterocycles. The largest absolute Gasteiger partial charge is 0.618 e. The first-order valence-electron chi connectivity index (χ1n) is 4.21. The standard InChI is InChI=1S/C10H10N2OS/c1-7-5-14-6-8(7)10-9(11)3-2-4-12(10)13/h2-6H,11H2,1H3. The molecule has 0 saturated carbocycles. The highest BCUT2D eigenvalue weighted by molar-refractivity contribution is 7.08. The average Bonchev–Trinajstić information content (AvgIpc) is 2.52. The van der Waals surface area contributed by atoms with Crippen LogP contribution in [0.3, 0.4) is 0 Å². The molecule has 0 atom stereocenters. The molecule has 0 amide bonds. The quantitative estimate of drug-likeness (QED) is 0.572. The van der Waals surface area contributed by atoms with Gasteiger partial charge < -0.3 is 10.9 Å². The van der Waals surface area contributed by atoms with Crippen molar-refractivity contribution in [1.82, 2.24) is 0 Å². The highest BCUT2D eigenvalue weighted by Gasteiger charge is 2.15. The second kappa shape index (κ2) is 3.31. The Hall–Kier alpha value is -1.55. The minimum Gasteiger partial charge on any atom is -0.618 e. The SMILES string of the molecule is Cc1cscc1-c1c(N)ccc[n+]1[O-]. The number of nitrogens with two attached hydrogens (primary N) is 1. The van der Waals surface area contributed by atoms with Gasteiger partial charge >= 0.3 is 0 Å². The molecule has 0 aliphatic carbocycles. The van der Waals surface area contributed by atoms with Crippen molar-refractivity contribution < 1.29 is 4.73 Å². The Morgan fingerprint density at radius 2 is 2.21 bits per heavy atom. The molecule has 3 nitrogen and oxygen atoms in total. The van der Waals surface area contributed by atoms with E-state index in [2.05, 4.69) is 0 Å². The summed E-state index contributed by atoms with van der Waals surface area (Å²) in [5.74, 6) is 0. The summed E-state index contributed by atoms with van der Waals surface area (Å²) >= 11 is 1.57. The fraction of sp³-hybridized carbons (Fsp3) is 0.100. The van der Waals surface area contributed by atoms with Crippen molar-refractivity contribution >= 4 is 17.0 Å². The van der Waals surface area contributed by atoms with E-state index in [0.29, 0.717) is 11.4 Å². The number of thiophene rings is 1. The summed E-state index contributed by atoms with van der Waals surface area (Å²) in [6.07, 6.45) is 1.46. The van der Waals surface area contributed by atoms with Gasteiger partial charge in [0.05, 0.1) is 5.56 Å². The van der Waals surface area contributed by atoms with Crippen LogP contribution in [0.1, 0.15) is 5.56 Å². The van der Waals surface area contributed by atoms with Crippen molar-refractivity contribution in [2.75, 3.05) is 5.73 Å². The van der Waals surface area contributed by atoms with Gasteiger partial charge in [0.2, 0.25) is 5.69 Å². The molecule has 0 aliphatic rings. The number of nitrogen functional groups attached to an aromatic ring is 1. The number of hydrogen-bond donors (Lipinski definition) is 1. The molecule has 2 rings (SSSR count). The van der Waals surface area contributed by atoms with Crippen molar-refractivity contribution in [1.29, 1.82) is 0 Å². The van der Waals surface area contributed by atoms with E-state index in [9.17, 15) is 5.21 Å². The molecule has 0 unspecified atom stereocenters. The Bertz CT molecular complexity index is 445. The molecule has 0 spiro atoms. The normalized spacial score (nSPS) is 10.4. The highest BCUT2D eigenvalue weighted by Crippen LogP contribution is 2.27. The van der Waals surface area contributed by atoms with Gasteiger partial charge in [-0.1, -0.05) is 0 Å². The van der Waals surface area contributed by atoms with Crippen LogP contribution in [0.25, 0.3) is 11.3 Å². The van der Waals surface area contributed by atoms with Crippen LogP contribution < -0.4 is 10.5 Å². The number of aryl methyl sites for hydroxylation is 1. The van der Waals surface area contributed by atoms with Crippen LogP contribution in [0.5, 0.6) is 0 Å². The van der Waals surface area contributed by atoms with Crippen LogP contribution in [-0.4, -0.2) is 0 Å². The fourth-order valence-electron chi connectivity index (χ4n) is 1.38. The number of nitrogens with zero attached hydrogens (tertiary/aromatic N) is 1. The lowest BCUT2D eigenvalue weighted by molar-refractivity contribution is -0.593. The van der Waals surface area contributed by atoms with E-state index in [0.717, 1.165) is 15.9 Å². The lowest BCUT2D eigenvalue weighted by Gasteiger charge is -2.05. The van der Waals surface area contributed by atoms with E-state index in [1.54, 1.807) is 23.5 Å². The number of pyridine rings is 1. The minimum absolute atomic E-state index is 0.518. The summed E-state index contributed by atoms with van der Waals surface area (Å²) in [5, 5.41) is 15.5. The maximum Gasteiger partial charge on any atom is 0.248 e. The van der Waals surface area contributed by atoms with Crippen molar-refractivity contribution in [2.45, 2.75) is 6.92 Å². The van der Waals surface area contributed by atoms with Gasteiger partial charge in [-0.25, -0.2) is 0 Å². The third-order valence-electron chi connectivity index (χ3n) is 2.10. The second-order valence-corrected chi connectivity index (χ2v) is 3.85. The molecule has 2 aromatic heterocycles. The predicted molar refractivity (Wildman–Crippen MR) is 57.9 cm³/mol. The molecule has 0 bridgehead atoms. The molecule has 0 aromatic carbocycles. The number of rotatable bonds is 1. The number of hydrogen-bond acceptors (Lipinski definition) is 3. The lowest BCUT2D eigenvalue weighted by Crippen LogP contribution is -2.29. The van der Waals surface area contributed by atoms with E-state index in [4.69, 9.17) is 5.73 Å². The van der Waals surface area contributed by atoms with E-state index < -0.39 is 0 Å². The van der Waals surface area contributed by atoms with Gasteiger partial charge in [-0.2, -0.15) is 16.1 Å². The van der Waals surface area contributed by atoms with E-state index in [1.165, 1.54) is 6.20 Å². The van der Waals surface area contributed by atoms with Gasteiger partial charge in [0.15, 0.2) is 6.20 Å². The summed E-state index contributed by atoms with van der Waals surface area (Å²) in [6, 6.07) is 3.38. The summed E-state index contributed by atoms with van der Waals surface area (Å²) in [6.45, 7) is 1.97. The second-order valence-electron chi connectivity index (χ2n) is 3.11. The predicted octanol–water partition coefficient (Wildman–Crippen LogP) is 1.94. The Balaban J connectivity index is 2.68. The molecule has 2 aromatic rings. The first kappa shape index (κ1) is 9.02. The first-order valence-corrected chi connectivity index (χ1v) is 5.15. The molecule has 0 saturated heterocycles. The number of anilines is 1. The van der Waals surface area contributed by atoms with Gasteiger partial charge in [0.1, 0.15) is 5.69 Å². The summed E-state index contributed by atoms with van der Waals surface area (Å²) in [5.41, 5.74) is 8.83. The van der Waals surface area contributed by atoms with Crippen LogP contribution in [0.4, 0.5) is 5.69 Å². The van der Waals surface area contributed by atoms with E-state index in [1.807, 2.05) is 17.7 Å². The van der Waals surface area contributed by atoms with Gasteiger partial charge in [-0.15, -0.1) is 0 Å². The highest BCUT2D eigenvalue weighted by atomic mass is 32.1.